The Bertz CT molecular complexity index is 1540. The number of methoxy groups -OCH3 is 1. The number of benzene rings is 2. The van der Waals surface area contributed by atoms with Gasteiger partial charge >= 0.3 is 5.97 Å². The van der Waals surface area contributed by atoms with E-state index in [4.69, 9.17) is 9.97 Å². The minimum absolute atomic E-state index is 0.434. The monoisotopic (exact) mass is 473 g/mol. The molecule has 0 unspecified atom stereocenters. The van der Waals surface area contributed by atoms with E-state index in [9.17, 15) is 4.79 Å². The lowest BCUT2D eigenvalue weighted by Crippen LogP contribution is -2.06. The third kappa shape index (κ3) is 5.10. The second-order valence-corrected chi connectivity index (χ2v) is 8.00. The maximum absolute atomic E-state index is 11.5. The van der Waals surface area contributed by atoms with E-state index in [1.807, 2.05) is 54.6 Å². The van der Waals surface area contributed by atoms with Crippen molar-refractivity contribution in [3.05, 3.63) is 109 Å². The Morgan fingerprint density at radius 1 is 0.944 bits per heavy atom. The van der Waals surface area contributed by atoms with Gasteiger partial charge in [-0.05, 0) is 47.0 Å². The van der Waals surface area contributed by atoms with Gasteiger partial charge in [-0.15, -0.1) is 0 Å². The molecule has 0 aliphatic heterocycles. The van der Waals surface area contributed by atoms with Gasteiger partial charge in [0.15, 0.2) is 5.82 Å². The highest BCUT2D eigenvalue weighted by Crippen LogP contribution is 2.34. The molecule has 0 aliphatic carbocycles. The molecule has 0 saturated heterocycles. The molecule has 3 aromatic heterocycles. The molecule has 0 aliphatic rings. The Morgan fingerprint density at radius 3 is 2.61 bits per heavy atom. The molecule has 5 rings (SSSR count). The molecule has 0 bridgehead atoms. The summed E-state index contributed by atoms with van der Waals surface area (Å²) in [5.74, 6) is 0.796. The topological polar surface area (TPSA) is 89.9 Å². The number of hydrogen-bond donors (Lipinski definition) is 1. The summed E-state index contributed by atoms with van der Waals surface area (Å²) >= 11 is 0. The first-order chi connectivity index (χ1) is 17.7. The SMILES string of the molecule is COC(=O)/C=C/c1cncc(-c2nc(NCc3ccccn3)c3c(-c4ccccc4)cccc3n2)c1. The summed E-state index contributed by atoms with van der Waals surface area (Å²) in [4.78, 5) is 30.0. The Morgan fingerprint density at radius 2 is 1.81 bits per heavy atom. The van der Waals surface area contributed by atoms with Crippen molar-refractivity contribution in [2.45, 2.75) is 6.54 Å². The summed E-state index contributed by atoms with van der Waals surface area (Å²) in [6.07, 6.45) is 8.15. The van der Waals surface area contributed by atoms with E-state index in [2.05, 4.69) is 38.2 Å². The molecule has 0 amide bonds. The van der Waals surface area contributed by atoms with Gasteiger partial charge in [0.05, 0.1) is 30.3 Å². The zero-order valence-corrected chi connectivity index (χ0v) is 19.6. The largest absolute Gasteiger partial charge is 0.466 e. The van der Waals surface area contributed by atoms with Gasteiger partial charge in [-0.3, -0.25) is 9.97 Å². The van der Waals surface area contributed by atoms with Crippen molar-refractivity contribution >= 4 is 28.8 Å². The molecule has 0 saturated carbocycles. The molecule has 1 N–H and O–H groups in total. The second-order valence-electron chi connectivity index (χ2n) is 8.00. The Kier molecular flexibility index (Phi) is 6.71. The minimum Gasteiger partial charge on any atom is -0.466 e. The first-order valence-corrected chi connectivity index (χ1v) is 11.4. The quantitative estimate of drug-likeness (QED) is 0.245. The summed E-state index contributed by atoms with van der Waals surface area (Å²) in [5.41, 5.74) is 5.30. The highest BCUT2D eigenvalue weighted by atomic mass is 16.5. The van der Waals surface area contributed by atoms with E-state index in [-0.39, 0.29) is 0 Å². The van der Waals surface area contributed by atoms with Gasteiger partial charge in [0.2, 0.25) is 0 Å². The molecule has 176 valence electrons. The molecule has 0 fully saturated rings. The first kappa shape index (κ1) is 22.9. The molecule has 3 heterocycles. The molecule has 36 heavy (non-hydrogen) atoms. The van der Waals surface area contributed by atoms with Crippen LogP contribution in [0.25, 0.3) is 39.5 Å². The number of anilines is 1. The van der Waals surface area contributed by atoms with Crippen LogP contribution in [-0.2, 0) is 16.1 Å². The number of esters is 1. The Hall–Kier alpha value is -4.91. The number of fused-ring (bicyclic) bond motifs is 1. The van der Waals surface area contributed by atoms with Crippen LogP contribution < -0.4 is 5.32 Å². The van der Waals surface area contributed by atoms with Crippen LogP contribution in [0.1, 0.15) is 11.3 Å². The third-order valence-electron chi connectivity index (χ3n) is 5.60. The Labute approximate surface area is 208 Å². The van der Waals surface area contributed by atoms with Gasteiger partial charge in [0.25, 0.3) is 0 Å². The molecule has 7 nitrogen and oxygen atoms in total. The van der Waals surface area contributed by atoms with Crippen LogP contribution in [0.4, 0.5) is 5.82 Å². The first-order valence-electron chi connectivity index (χ1n) is 11.4. The van der Waals surface area contributed by atoms with Crippen molar-refractivity contribution in [1.29, 1.82) is 0 Å². The number of pyridine rings is 2. The van der Waals surface area contributed by atoms with E-state index >= 15 is 0 Å². The summed E-state index contributed by atoms with van der Waals surface area (Å²) in [7, 11) is 1.34. The van der Waals surface area contributed by atoms with Crippen LogP contribution in [0.15, 0.2) is 97.5 Å². The summed E-state index contributed by atoms with van der Waals surface area (Å²) in [6.45, 7) is 0.510. The fourth-order valence-corrected chi connectivity index (χ4v) is 3.88. The normalized spacial score (nSPS) is 11.0. The van der Waals surface area contributed by atoms with E-state index < -0.39 is 5.97 Å². The van der Waals surface area contributed by atoms with Crippen molar-refractivity contribution in [1.82, 2.24) is 19.9 Å². The third-order valence-corrected chi connectivity index (χ3v) is 5.60. The van der Waals surface area contributed by atoms with Crippen molar-refractivity contribution in [2.24, 2.45) is 0 Å². The summed E-state index contributed by atoms with van der Waals surface area (Å²) in [5, 5.41) is 4.41. The number of carbonyl (C=O) groups is 1. The van der Waals surface area contributed by atoms with Gasteiger partial charge in [0, 0.05) is 30.2 Å². The number of ether oxygens (including phenoxy) is 1. The lowest BCUT2D eigenvalue weighted by atomic mass is 10.0. The summed E-state index contributed by atoms with van der Waals surface area (Å²) < 4.78 is 4.68. The van der Waals surface area contributed by atoms with Crippen molar-refractivity contribution < 1.29 is 9.53 Å². The molecule has 0 atom stereocenters. The zero-order valence-electron chi connectivity index (χ0n) is 19.6. The fourth-order valence-electron chi connectivity index (χ4n) is 3.88. The predicted octanol–water partition coefficient (Wildman–Crippen LogP) is 5.55. The Balaban J connectivity index is 1.62. The lowest BCUT2D eigenvalue weighted by Gasteiger charge is -2.14. The lowest BCUT2D eigenvalue weighted by molar-refractivity contribution is -0.134. The van der Waals surface area contributed by atoms with Gasteiger partial charge in [-0.1, -0.05) is 48.5 Å². The number of hydrogen-bond acceptors (Lipinski definition) is 7. The van der Waals surface area contributed by atoms with Crippen LogP contribution in [0.2, 0.25) is 0 Å². The van der Waals surface area contributed by atoms with Crippen LogP contribution >= 0.6 is 0 Å². The molecule has 5 aromatic rings. The van der Waals surface area contributed by atoms with Gasteiger partial charge in [-0.25, -0.2) is 14.8 Å². The van der Waals surface area contributed by atoms with E-state index in [0.717, 1.165) is 38.9 Å². The van der Waals surface area contributed by atoms with Gasteiger partial charge in [0.1, 0.15) is 5.82 Å². The molecular formula is C29H23N5O2. The van der Waals surface area contributed by atoms with E-state index in [1.54, 1.807) is 24.7 Å². The highest BCUT2D eigenvalue weighted by Gasteiger charge is 2.15. The van der Waals surface area contributed by atoms with Crippen molar-refractivity contribution in [3.8, 4) is 22.5 Å². The van der Waals surface area contributed by atoms with Crippen LogP contribution in [0.3, 0.4) is 0 Å². The maximum Gasteiger partial charge on any atom is 0.330 e. The zero-order chi connectivity index (χ0) is 24.7. The smallest absolute Gasteiger partial charge is 0.330 e. The average Bonchev–Trinajstić information content (AvgIpc) is 2.95. The molecular weight excluding hydrogens is 450 g/mol. The van der Waals surface area contributed by atoms with Crippen LogP contribution in [0, 0.1) is 0 Å². The number of aromatic nitrogens is 4. The van der Waals surface area contributed by atoms with Crippen molar-refractivity contribution in [3.63, 3.8) is 0 Å². The van der Waals surface area contributed by atoms with Crippen LogP contribution in [0.5, 0.6) is 0 Å². The molecule has 0 radical (unpaired) electrons. The van der Waals surface area contributed by atoms with Crippen LogP contribution in [-0.4, -0.2) is 33.0 Å². The fraction of sp³-hybridized carbons (Fsp3) is 0.0690. The number of rotatable bonds is 7. The molecule has 2 aromatic carbocycles. The number of nitrogens with zero attached hydrogens (tertiary/aromatic N) is 4. The second kappa shape index (κ2) is 10.6. The maximum atomic E-state index is 11.5. The number of carbonyl (C=O) groups excluding carboxylic acids is 1. The highest BCUT2D eigenvalue weighted by molar-refractivity contribution is 6.02. The predicted molar refractivity (Wildman–Crippen MR) is 141 cm³/mol. The van der Waals surface area contributed by atoms with Gasteiger partial charge in [-0.2, -0.15) is 0 Å². The van der Waals surface area contributed by atoms with Crippen molar-refractivity contribution in [2.75, 3.05) is 12.4 Å². The van der Waals surface area contributed by atoms with Gasteiger partial charge < -0.3 is 10.1 Å². The minimum atomic E-state index is -0.434. The van der Waals surface area contributed by atoms with E-state index in [1.165, 1.54) is 13.2 Å². The summed E-state index contributed by atoms with van der Waals surface area (Å²) in [6, 6.07) is 23.9. The number of nitrogens with one attached hydrogen (secondary N) is 1. The average molecular weight is 474 g/mol. The molecule has 7 heteroatoms. The molecule has 0 spiro atoms. The standard InChI is InChI=1S/C29H23N5O2/c1-36-26(35)14-13-20-16-22(18-30-17-20)28-33-25-12-7-11-24(21-8-3-2-4-9-21)27(25)29(34-28)32-19-23-10-5-6-15-31-23/h2-18H,19H2,1H3,(H,32,33,34)/b14-13+. The van der Waals surface area contributed by atoms with E-state index in [0.29, 0.717) is 18.2 Å².